The molecule has 2 aromatic carbocycles. The van der Waals surface area contributed by atoms with Gasteiger partial charge in [-0.05, 0) is 87.4 Å². The van der Waals surface area contributed by atoms with Crippen molar-refractivity contribution in [1.82, 2.24) is 24.7 Å². The minimum Gasteiger partial charge on any atom is -0.495 e. The predicted molar refractivity (Wildman–Crippen MR) is 197 cm³/mol. The maximum absolute atomic E-state index is 14.3. The summed E-state index contributed by atoms with van der Waals surface area (Å²) in [5.74, 6) is -0.00402. The van der Waals surface area contributed by atoms with Gasteiger partial charge in [-0.1, -0.05) is 12.1 Å². The summed E-state index contributed by atoms with van der Waals surface area (Å²) in [7, 11) is 4.28. The minimum absolute atomic E-state index is 0.0683. The van der Waals surface area contributed by atoms with Crippen LogP contribution in [0.2, 0.25) is 0 Å². The highest BCUT2D eigenvalue weighted by molar-refractivity contribution is 7.46. The van der Waals surface area contributed by atoms with Crippen molar-refractivity contribution >= 4 is 37.4 Å². The molecule has 6 rings (SSSR count). The van der Waals surface area contributed by atoms with E-state index >= 15 is 0 Å². The standard InChI is InChI=1S/C37H49F3N7O4P/c1-6-50-52(51-7-2)23-24-8-14-30(32(20-24)49-5)43-36-41-21-29(37(38,39)40)34(44-36)42-31-15-13-27(28-22-46(4)35(48)33(28)31)25-9-11-26(12-10-25)47-18-16-45(3)17-19-47/h8,13-15,20-21,25-26H,6-7,9-12,16-19,22-23H2,1-5H3,(H2,41,42,43,44). The Morgan fingerprint density at radius 1 is 0.942 bits per heavy atom. The van der Waals surface area contributed by atoms with Crippen LogP contribution in [0.3, 0.4) is 0 Å². The van der Waals surface area contributed by atoms with Crippen molar-refractivity contribution in [1.29, 1.82) is 0 Å². The molecular formula is C37H49F3N7O4P. The van der Waals surface area contributed by atoms with Crippen LogP contribution in [0.4, 0.5) is 36.3 Å². The van der Waals surface area contributed by atoms with Crippen molar-refractivity contribution in [2.24, 2.45) is 0 Å². The Labute approximate surface area is 305 Å². The molecule has 0 spiro atoms. The zero-order chi connectivity index (χ0) is 37.0. The maximum Gasteiger partial charge on any atom is 0.421 e. The van der Waals surface area contributed by atoms with Gasteiger partial charge in [-0.3, -0.25) is 9.69 Å². The molecule has 15 heteroatoms. The molecule has 1 aromatic heterocycles. The molecule has 11 nitrogen and oxygen atoms in total. The lowest BCUT2D eigenvalue weighted by Crippen LogP contribution is -2.49. The first-order valence-electron chi connectivity index (χ1n) is 18.0. The summed E-state index contributed by atoms with van der Waals surface area (Å²) in [4.78, 5) is 28.4. The van der Waals surface area contributed by atoms with Gasteiger partial charge in [-0.2, -0.15) is 18.2 Å². The predicted octanol–water partition coefficient (Wildman–Crippen LogP) is 7.74. The molecule has 1 saturated carbocycles. The molecule has 3 heterocycles. The van der Waals surface area contributed by atoms with E-state index in [1.807, 2.05) is 32.0 Å². The number of hydrogen-bond donors (Lipinski definition) is 2. The van der Waals surface area contributed by atoms with Gasteiger partial charge in [0.25, 0.3) is 5.91 Å². The van der Waals surface area contributed by atoms with Gasteiger partial charge in [-0.25, -0.2) is 4.98 Å². The molecule has 2 fully saturated rings. The number of likely N-dealkylation sites (N-methyl/N-ethyl adjacent to an activating group) is 1. The summed E-state index contributed by atoms with van der Waals surface area (Å²) in [6, 6.07) is 9.73. The molecule has 0 unspecified atom stereocenters. The molecule has 1 aliphatic carbocycles. The Balaban J connectivity index is 1.24. The van der Waals surface area contributed by atoms with Gasteiger partial charge < -0.3 is 34.2 Å². The van der Waals surface area contributed by atoms with Gasteiger partial charge in [0.05, 0.1) is 37.3 Å². The number of benzene rings is 2. The summed E-state index contributed by atoms with van der Waals surface area (Å²) in [5, 5.41) is 5.91. The zero-order valence-corrected chi connectivity index (χ0v) is 31.4. The molecule has 1 saturated heterocycles. The van der Waals surface area contributed by atoms with Crippen LogP contribution in [0.15, 0.2) is 36.5 Å². The number of alkyl halides is 3. The number of nitrogens with one attached hydrogen (secondary N) is 2. The third kappa shape index (κ3) is 8.63. The van der Waals surface area contributed by atoms with Crippen molar-refractivity contribution in [2.75, 3.05) is 71.2 Å². The SMILES string of the molecule is CCOP(Cc1ccc(Nc2ncc(C(F)(F)F)c(Nc3ccc(C4CCC(N5CCN(C)CC5)CC4)c4c3C(=O)N(C)C4)n2)c(OC)c1)OCC. The molecule has 52 heavy (non-hydrogen) atoms. The van der Waals surface area contributed by atoms with Gasteiger partial charge in [-0.15, -0.1) is 0 Å². The summed E-state index contributed by atoms with van der Waals surface area (Å²) in [6.07, 6.45) is 0.759. The van der Waals surface area contributed by atoms with Crippen molar-refractivity contribution in [3.05, 3.63) is 64.3 Å². The molecule has 0 bridgehead atoms. The number of piperazine rings is 1. The Kier molecular flexibility index (Phi) is 12.2. The minimum atomic E-state index is -4.74. The Bertz CT molecular complexity index is 1710. The van der Waals surface area contributed by atoms with Crippen molar-refractivity contribution in [3.63, 3.8) is 0 Å². The van der Waals surface area contributed by atoms with Crippen LogP contribution in [-0.2, 0) is 27.9 Å². The number of methoxy groups -OCH3 is 1. The second kappa shape index (κ2) is 16.6. The number of halogens is 3. The van der Waals surface area contributed by atoms with Crippen LogP contribution >= 0.6 is 8.38 Å². The van der Waals surface area contributed by atoms with Gasteiger partial charge in [0.2, 0.25) is 5.95 Å². The molecular weight excluding hydrogens is 694 g/mol. The van der Waals surface area contributed by atoms with E-state index in [4.69, 9.17) is 13.8 Å². The highest BCUT2D eigenvalue weighted by Gasteiger charge is 2.38. The van der Waals surface area contributed by atoms with Gasteiger partial charge in [0.15, 0.2) is 8.38 Å². The van der Waals surface area contributed by atoms with E-state index in [0.717, 1.165) is 74.7 Å². The number of ether oxygens (including phenoxy) is 1. The number of rotatable bonds is 13. The fourth-order valence-electron chi connectivity index (χ4n) is 7.50. The van der Waals surface area contributed by atoms with Crippen LogP contribution in [-0.4, -0.2) is 97.2 Å². The van der Waals surface area contributed by atoms with E-state index in [-0.39, 0.29) is 23.5 Å². The number of aromatic nitrogens is 2. The number of fused-ring (bicyclic) bond motifs is 1. The highest BCUT2D eigenvalue weighted by atomic mass is 31.2. The molecule has 2 N–H and O–H groups in total. The van der Waals surface area contributed by atoms with E-state index in [1.165, 1.54) is 7.11 Å². The second-order valence-corrected chi connectivity index (χ2v) is 15.1. The van der Waals surface area contributed by atoms with E-state index in [0.29, 0.717) is 49.0 Å². The van der Waals surface area contributed by atoms with Crippen LogP contribution in [0.1, 0.15) is 78.1 Å². The number of nitrogens with zero attached hydrogens (tertiary/aromatic N) is 5. The van der Waals surface area contributed by atoms with Crippen LogP contribution in [0.25, 0.3) is 0 Å². The van der Waals surface area contributed by atoms with E-state index < -0.39 is 25.9 Å². The summed E-state index contributed by atoms with van der Waals surface area (Å²) in [5.41, 5.74) is 3.03. The second-order valence-electron chi connectivity index (χ2n) is 13.6. The third-order valence-corrected chi connectivity index (χ3v) is 11.9. The van der Waals surface area contributed by atoms with Gasteiger partial charge >= 0.3 is 6.18 Å². The maximum atomic E-state index is 14.3. The summed E-state index contributed by atoms with van der Waals surface area (Å²) in [6.45, 7) is 9.64. The van der Waals surface area contributed by atoms with Crippen LogP contribution in [0.5, 0.6) is 5.75 Å². The van der Waals surface area contributed by atoms with Crippen molar-refractivity contribution < 1.29 is 31.8 Å². The topological polar surface area (TPSA) is 104 Å². The first kappa shape index (κ1) is 38.2. The molecule has 0 radical (unpaired) electrons. The van der Waals surface area contributed by atoms with Crippen molar-refractivity contribution in [3.8, 4) is 5.75 Å². The summed E-state index contributed by atoms with van der Waals surface area (Å²) >= 11 is 0. The Morgan fingerprint density at radius 2 is 1.63 bits per heavy atom. The number of amides is 1. The molecule has 282 valence electrons. The first-order valence-corrected chi connectivity index (χ1v) is 19.4. The lowest BCUT2D eigenvalue weighted by molar-refractivity contribution is -0.137. The Morgan fingerprint density at radius 3 is 2.29 bits per heavy atom. The third-order valence-electron chi connectivity index (χ3n) is 10.2. The van der Waals surface area contributed by atoms with Gasteiger partial charge in [0, 0.05) is 58.2 Å². The molecule has 3 aliphatic rings. The number of anilines is 4. The fourth-order valence-corrected chi connectivity index (χ4v) is 8.83. The quantitative estimate of drug-likeness (QED) is 0.169. The Hall–Kier alpha value is -3.55. The molecule has 0 atom stereocenters. The summed E-state index contributed by atoms with van der Waals surface area (Å²) < 4.78 is 60.1. The molecule has 1 amide bonds. The normalized spacial score (nSPS) is 20.0. The highest BCUT2D eigenvalue weighted by Crippen LogP contribution is 2.45. The zero-order valence-electron chi connectivity index (χ0n) is 30.6. The smallest absolute Gasteiger partial charge is 0.421 e. The van der Waals surface area contributed by atoms with Crippen LogP contribution < -0.4 is 15.4 Å². The number of carbonyl (C=O) groups is 1. The molecule has 2 aliphatic heterocycles. The molecule has 3 aromatic rings. The van der Waals surface area contributed by atoms with Crippen molar-refractivity contribution in [2.45, 2.75) is 70.4 Å². The van der Waals surface area contributed by atoms with E-state index in [9.17, 15) is 18.0 Å². The first-order chi connectivity index (χ1) is 25.0. The van der Waals surface area contributed by atoms with Gasteiger partial charge in [0.1, 0.15) is 17.1 Å². The average molecular weight is 744 g/mol. The average Bonchev–Trinajstić information content (AvgIpc) is 3.43. The lowest BCUT2D eigenvalue weighted by Gasteiger charge is -2.41. The van der Waals surface area contributed by atoms with E-state index in [2.05, 4.69) is 37.4 Å². The number of hydrogen-bond acceptors (Lipinski definition) is 10. The fraction of sp³-hybridized carbons (Fsp3) is 0.541. The lowest BCUT2D eigenvalue weighted by atomic mass is 9.78. The number of carbonyl (C=O) groups excluding carboxylic acids is 1. The monoisotopic (exact) mass is 743 g/mol. The van der Waals surface area contributed by atoms with E-state index in [1.54, 1.807) is 24.1 Å². The largest absolute Gasteiger partial charge is 0.495 e. The van der Waals surface area contributed by atoms with Crippen LogP contribution in [0, 0.1) is 0 Å².